The van der Waals surface area contributed by atoms with Crippen LogP contribution in [0.1, 0.15) is 44.0 Å². The zero-order valence-electron chi connectivity index (χ0n) is 13.5. The molecule has 6 heteroatoms. The van der Waals surface area contributed by atoms with Crippen LogP contribution < -0.4 is 4.74 Å². The normalized spacial score (nSPS) is 11.4. The standard InChI is InChI=1S/C16H25O5P/c1-4-20-22(18,21-5-2)13-7-6-12-19-16-10-8-15(9-11-16)14(3)17/h8-11H,4-7,12-13H2,1-3H3. The first kappa shape index (κ1) is 18.9. The molecular weight excluding hydrogens is 303 g/mol. The Labute approximate surface area is 132 Å². The van der Waals surface area contributed by atoms with Crippen molar-refractivity contribution in [3.05, 3.63) is 29.8 Å². The number of hydrogen-bond donors (Lipinski definition) is 0. The first-order valence-electron chi connectivity index (χ1n) is 7.62. The summed E-state index contributed by atoms with van der Waals surface area (Å²) >= 11 is 0. The largest absolute Gasteiger partial charge is 0.494 e. The SMILES string of the molecule is CCOP(=O)(CCCCOc1ccc(C(C)=O)cc1)OCC. The van der Waals surface area contributed by atoms with E-state index >= 15 is 0 Å². The third-order valence-electron chi connectivity index (χ3n) is 3.01. The molecule has 0 amide bonds. The van der Waals surface area contributed by atoms with Crippen LogP contribution in [0.3, 0.4) is 0 Å². The number of ether oxygens (including phenoxy) is 1. The molecule has 0 bridgehead atoms. The van der Waals surface area contributed by atoms with E-state index in [9.17, 15) is 9.36 Å². The summed E-state index contributed by atoms with van der Waals surface area (Å²) in [4.78, 5) is 11.2. The van der Waals surface area contributed by atoms with Crippen LogP contribution >= 0.6 is 7.60 Å². The van der Waals surface area contributed by atoms with Gasteiger partial charge in [-0.25, -0.2) is 0 Å². The van der Waals surface area contributed by atoms with E-state index in [2.05, 4.69) is 0 Å². The molecule has 1 aromatic carbocycles. The number of ketones is 1. The molecule has 0 saturated carbocycles. The van der Waals surface area contributed by atoms with E-state index in [4.69, 9.17) is 13.8 Å². The predicted molar refractivity (Wildman–Crippen MR) is 86.9 cm³/mol. The molecule has 1 rings (SSSR count). The number of carbonyl (C=O) groups is 1. The van der Waals surface area contributed by atoms with Crippen molar-refractivity contribution in [3.63, 3.8) is 0 Å². The molecule has 0 saturated heterocycles. The van der Waals surface area contributed by atoms with Crippen LogP contribution in [0.25, 0.3) is 0 Å². The van der Waals surface area contributed by atoms with Crippen molar-refractivity contribution in [3.8, 4) is 5.75 Å². The number of Topliss-reactive ketones (excluding diaryl/α,β-unsaturated/α-hetero) is 1. The van der Waals surface area contributed by atoms with E-state index in [1.54, 1.807) is 38.1 Å². The van der Waals surface area contributed by atoms with Gasteiger partial charge in [-0.2, -0.15) is 0 Å². The highest BCUT2D eigenvalue weighted by Crippen LogP contribution is 2.48. The van der Waals surface area contributed by atoms with Gasteiger partial charge in [0.2, 0.25) is 0 Å². The quantitative estimate of drug-likeness (QED) is 0.344. The molecule has 0 aliphatic rings. The molecule has 0 fully saturated rings. The molecule has 0 atom stereocenters. The second kappa shape index (κ2) is 9.78. The zero-order valence-corrected chi connectivity index (χ0v) is 14.4. The zero-order chi connectivity index (χ0) is 16.4. The van der Waals surface area contributed by atoms with Crippen molar-refractivity contribution in [1.82, 2.24) is 0 Å². The summed E-state index contributed by atoms with van der Waals surface area (Å²) in [6.45, 7) is 6.44. The first-order valence-corrected chi connectivity index (χ1v) is 9.35. The van der Waals surface area contributed by atoms with Crippen LogP contribution in [0.15, 0.2) is 24.3 Å². The lowest BCUT2D eigenvalue weighted by atomic mass is 10.1. The van der Waals surface area contributed by atoms with Crippen LogP contribution in [0, 0.1) is 0 Å². The number of rotatable bonds is 11. The second-order valence-electron chi connectivity index (χ2n) is 4.81. The molecule has 0 radical (unpaired) electrons. The Morgan fingerprint density at radius 3 is 2.14 bits per heavy atom. The molecular formula is C16H25O5P. The lowest BCUT2D eigenvalue weighted by Gasteiger charge is -2.16. The van der Waals surface area contributed by atoms with E-state index in [0.717, 1.165) is 12.2 Å². The monoisotopic (exact) mass is 328 g/mol. The minimum Gasteiger partial charge on any atom is -0.494 e. The molecule has 0 heterocycles. The minimum absolute atomic E-state index is 0.0363. The third-order valence-corrected chi connectivity index (χ3v) is 5.17. The number of benzene rings is 1. The van der Waals surface area contributed by atoms with Gasteiger partial charge in [-0.1, -0.05) is 0 Å². The smallest absolute Gasteiger partial charge is 0.330 e. The highest BCUT2D eigenvalue weighted by Gasteiger charge is 2.22. The van der Waals surface area contributed by atoms with Crippen LogP contribution in [0.4, 0.5) is 0 Å². The van der Waals surface area contributed by atoms with Crippen molar-refractivity contribution < 1.29 is 23.1 Å². The Hall–Kier alpha value is -1.16. The molecule has 5 nitrogen and oxygen atoms in total. The Bertz CT molecular complexity index is 488. The van der Waals surface area contributed by atoms with E-state index in [0.29, 0.717) is 38.0 Å². The summed E-state index contributed by atoms with van der Waals surface area (Å²) < 4.78 is 28.3. The van der Waals surface area contributed by atoms with Crippen LogP contribution in [0.2, 0.25) is 0 Å². The average Bonchev–Trinajstić information content (AvgIpc) is 2.48. The molecule has 0 spiro atoms. The number of hydrogen-bond acceptors (Lipinski definition) is 5. The molecule has 1 aromatic rings. The maximum atomic E-state index is 12.2. The van der Waals surface area contributed by atoms with Crippen molar-refractivity contribution in [2.75, 3.05) is 26.0 Å². The topological polar surface area (TPSA) is 61.8 Å². The van der Waals surface area contributed by atoms with Crippen molar-refractivity contribution >= 4 is 13.4 Å². The van der Waals surface area contributed by atoms with Crippen LogP contribution in [-0.2, 0) is 13.6 Å². The lowest BCUT2D eigenvalue weighted by Crippen LogP contribution is -2.03. The lowest BCUT2D eigenvalue weighted by molar-refractivity contribution is 0.101. The highest BCUT2D eigenvalue weighted by molar-refractivity contribution is 7.53. The van der Waals surface area contributed by atoms with Gasteiger partial charge in [-0.3, -0.25) is 9.36 Å². The van der Waals surface area contributed by atoms with E-state index < -0.39 is 7.60 Å². The average molecular weight is 328 g/mol. The Morgan fingerprint density at radius 1 is 1.05 bits per heavy atom. The molecule has 0 aliphatic heterocycles. The molecule has 124 valence electrons. The van der Waals surface area contributed by atoms with Gasteiger partial charge in [0.15, 0.2) is 5.78 Å². The van der Waals surface area contributed by atoms with E-state index in [1.807, 2.05) is 0 Å². The van der Waals surface area contributed by atoms with Crippen molar-refractivity contribution in [1.29, 1.82) is 0 Å². The van der Waals surface area contributed by atoms with Gasteiger partial charge < -0.3 is 13.8 Å². The summed E-state index contributed by atoms with van der Waals surface area (Å²) in [5.41, 5.74) is 0.668. The van der Waals surface area contributed by atoms with Gasteiger partial charge in [0.05, 0.1) is 26.0 Å². The fraction of sp³-hybridized carbons (Fsp3) is 0.562. The summed E-state index contributed by atoms with van der Waals surface area (Å²) in [6, 6.07) is 7.05. The summed E-state index contributed by atoms with van der Waals surface area (Å²) in [5, 5.41) is 0. The second-order valence-corrected chi connectivity index (χ2v) is 6.99. The van der Waals surface area contributed by atoms with Gasteiger partial charge in [0, 0.05) is 5.56 Å². The Balaban J connectivity index is 2.29. The summed E-state index contributed by atoms with van der Waals surface area (Å²) in [6.07, 6.45) is 1.88. The maximum Gasteiger partial charge on any atom is 0.330 e. The summed E-state index contributed by atoms with van der Waals surface area (Å²) in [5.74, 6) is 0.761. The Morgan fingerprint density at radius 2 is 1.64 bits per heavy atom. The van der Waals surface area contributed by atoms with Gasteiger partial charge in [-0.15, -0.1) is 0 Å². The molecule has 22 heavy (non-hydrogen) atoms. The fourth-order valence-electron chi connectivity index (χ4n) is 1.94. The third kappa shape index (κ3) is 6.73. The van der Waals surface area contributed by atoms with Gasteiger partial charge in [0.1, 0.15) is 5.75 Å². The summed E-state index contributed by atoms with van der Waals surface area (Å²) in [7, 11) is -2.94. The minimum atomic E-state index is -2.94. The molecule has 0 aliphatic carbocycles. The maximum absolute atomic E-state index is 12.2. The van der Waals surface area contributed by atoms with Crippen LogP contribution in [0.5, 0.6) is 5.75 Å². The number of carbonyl (C=O) groups excluding carboxylic acids is 1. The Kier molecular flexibility index (Phi) is 8.39. The predicted octanol–water partition coefficient (Wildman–Crippen LogP) is 4.31. The van der Waals surface area contributed by atoms with E-state index in [-0.39, 0.29) is 5.78 Å². The van der Waals surface area contributed by atoms with Crippen LogP contribution in [-0.4, -0.2) is 31.8 Å². The van der Waals surface area contributed by atoms with Crippen molar-refractivity contribution in [2.45, 2.75) is 33.6 Å². The van der Waals surface area contributed by atoms with Gasteiger partial charge in [0.25, 0.3) is 0 Å². The van der Waals surface area contributed by atoms with Gasteiger partial charge in [-0.05, 0) is 57.9 Å². The fourth-order valence-corrected chi connectivity index (χ4v) is 3.67. The molecule has 0 N–H and O–H groups in total. The molecule has 0 aromatic heterocycles. The molecule has 0 unspecified atom stereocenters. The van der Waals surface area contributed by atoms with Crippen molar-refractivity contribution in [2.24, 2.45) is 0 Å². The van der Waals surface area contributed by atoms with E-state index in [1.165, 1.54) is 6.92 Å². The first-order chi connectivity index (χ1) is 10.5. The number of unbranched alkanes of at least 4 members (excludes halogenated alkanes) is 1. The van der Waals surface area contributed by atoms with Gasteiger partial charge >= 0.3 is 7.60 Å². The highest BCUT2D eigenvalue weighted by atomic mass is 31.2.